The standard InChI is InChI=1S/C33H42FNO/c1-5-7-9-10-22-35(31-20-21-33(34)32(23-31)26(4)36)24-28-14-18-30(19-15-28)25(3)29-16-12-27(13-17-29)11-8-6-2/h12-21,23,25H,5-11,22,24H2,1-4H3. The third-order valence-corrected chi connectivity index (χ3v) is 7.13. The van der Waals surface area contributed by atoms with Gasteiger partial charge in [0, 0.05) is 24.7 Å². The molecule has 3 aromatic rings. The second-order valence-corrected chi connectivity index (χ2v) is 10.0. The van der Waals surface area contributed by atoms with Crippen LogP contribution in [0.3, 0.4) is 0 Å². The molecule has 0 aromatic heterocycles. The quantitative estimate of drug-likeness (QED) is 0.167. The van der Waals surface area contributed by atoms with E-state index in [0.29, 0.717) is 5.92 Å². The molecule has 0 radical (unpaired) electrons. The van der Waals surface area contributed by atoms with Crippen LogP contribution < -0.4 is 4.90 Å². The van der Waals surface area contributed by atoms with Gasteiger partial charge in [0.2, 0.25) is 0 Å². The highest BCUT2D eigenvalue weighted by atomic mass is 19.1. The van der Waals surface area contributed by atoms with E-state index in [4.69, 9.17) is 0 Å². The van der Waals surface area contributed by atoms with Crippen LogP contribution in [-0.4, -0.2) is 12.3 Å². The fourth-order valence-electron chi connectivity index (χ4n) is 4.69. The van der Waals surface area contributed by atoms with Crippen molar-refractivity contribution in [2.45, 2.75) is 85.1 Å². The molecule has 36 heavy (non-hydrogen) atoms. The van der Waals surface area contributed by atoms with Gasteiger partial charge in [-0.3, -0.25) is 4.79 Å². The van der Waals surface area contributed by atoms with Gasteiger partial charge in [0.1, 0.15) is 5.82 Å². The number of carbonyl (C=O) groups is 1. The summed E-state index contributed by atoms with van der Waals surface area (Å²) in [6, 6.07) is 22.9. The van der Waals surface area contributed by atoms with Crippen molar-refractivity contribution in [2.75, 3.05) is 11.4 Å². The van der Waals surface area contributed by atoms with Crippen LogP contribution in [0.1, 0.15) is 105 Å². The Morgan fingerprint density at radius 1 is 0.806 bits per heavy atom. The van der Waals surface area contributed by atoms with E-state index in [2.05, 4.69) is 74.2 Å². The van der Waals surface area contributed by atoms with Crippen molar-refractivity contribution < 1.29 is 9.18 Å². The summed E-state index contributed by atoms with van der Waals surface area (Å²) in [5.41, 5.74) is 6.33. The van der Waals surface area contributed by atoms with E-state index in [-0.39, 0.29) is 11.3 Å². The minimum Gasteiger partial charge on any atom is -0.367 e. The number of anilines is 1. The van der Waals surface area contributed by atoms with E-state index < -0.39 is 5.82 Å². The number of carbonyl (C=O) groups excluding carboxylic acids is 1. The number of halogens is 1. The van der Waals surface area contributed by atoms with Crippen LogP contribution in [0.4, 0.5) is 10.1 Å². The first kappa shape index (κ1) is 27.6. The van der Waals surface area contributed by atoms with E-state index in [9.17, 15) is 9.18 Å². The lowest BCUT2D eigenvalue weighted by Gasteiger charge is -2.26. The number of aryl methyl sites for hydroxylation is 1. The minimum atomic E-state index is -0.450. The van der Waals surface area contributed by atoms with Gasteiger partial charge in [0.25, 0.3) is 0 Å². The number of nitrogens with zero attached hydrogens (tertiary/aromatic N) is 1. The van der Waals surface area contributed by atoms with E-state index in [0.717, 1.165) is 31.6 Å². The first-order valence-corrected chi connectivity index (χ1v) is 13.7. The Morgan fingerprint density at radius 3 is 2.00 bits per heavy atom. The van der Waals surface area contributed by atoms with Gasteiger partial charge in [-0.05, 0) is 66.6 Å². The summed E-state index contributed by atoms with van der Waals surface area (Å²) in [5.74, 6) is -0.356. The Balaban J connectivity index is 1.74. The molecule has 0 amide bonds. The summed E-state index contributed by atoms with van der Waals surface area (Å²) < 4.78 is 14.2. The Hall–Kier alpha value is -2.94. The predicted molar refractivity (Wildman–Crippen MR) is 151 cm³/mol. The predicted octanol–water partition coefficient (Wildman–Crippen LogP) is 9.11. The largest absolute Gasteiger partial charge is 0.367 e. The Labute approximate surface area is 217 Å². The maximum atomic E-state index is 14.2. The van der Waals surface area contributed by atoms with Crippen LogP contribution in [-0.2, 0) is 13.0 Å². The topological polar surface area (TPSA) is 20.3 Å². The third kappa shape index (κ3) is 7.78. The van der Waals surface area contributed by atoms with E-state index in [1.165, 1.54) is 67.3 Å². The van der Waals surface area contributed by atoms with Gasteiger partial charge in [0.05, 0.1) is 5.56 Å². The zero-order chi connectivity index (χ0) is 25.9. The summed E-state index contributed by atoms with van der Waals surface area (Å²) in [7, 11) is 0. The molecular weight excluding hydrogens is 445 g/mol. The van der Waals surface area contributed by atoms with Crippen molar-refractivity contribution in [3.05, 3.63) is 100 Å². The maximum absolute atomic E-state index is 14.2. The summed E-state index contributed by atoms with van der Waals surface area (Å²) in [6.45, 7) is 9.74. The molecule has 0 bridgehead atoms. The first-order valence-electron chi connectivity index (χ1n) is 13.7. The fraction of sp³-hybridized carbons (Fsp3) is 0.424. The van der Waals surface area contributed by atoms with E-state index in [1.807, 2.05) is 0 Å². The Bertz CT molecular complexity index is 1090. The lowest BCUT2D eigenvalue weighted by molar-refractivity contribution is 0.101. The normalized spacial score (nSPS) is 11.9. The number of hydrogen-bond acceptors (Lipinski definition) is 2. The second kappa shape index (κ2) is 14.0. The van der Waals surface area contributed by atoms with Crippen LogP contribution in [0, 0.1) is 5.82 Å². The SMILES string of the molecule is CCCCCCN(Cc1ccc(C(C)c2ccc(CCCC)cc2)cc1)c1ccc(F)c(C(C)=O)c1. The molecule has 0 saturated heterocycles. The number of ketones is 1. The number of rotatable bonds is 14. The van der Waals surface area contributed by atoms with E-state index in [1.54, 1.807) is 12.1 Å². The van der Waals surface area contributed by atoms with Gasteiger partial charge in [-0.15, -0.1) is 0 Å². The molecule has 2 nitrogen and oxygen atoms in total. The lowest BCUT2D eigenvalue weighted by Crippen LogP contribution is -2.24. The van der Waals surface area contributed by atoms with Crippen LogP contribution in [0.25, 0.3) is 0 Å². The third-order valence-electron chi connectivity index (χ3n) is 7.13. The molecular formula is C33H42FNO. The molecule has 0 aliphatic carbocycles. The summed E-state index contributed by atoms with van der Waals surface area (Å²) in [4.78, 5) is 14.2. The molecule has 0 aliphatic heterocycles. The molecule has 0 heterocycles. The van der Waals surface area contributed by atoms with Crippen molar-refractivity contribution in [2.24, 2.45) is 0 Å². The van der Waals surface area contributed by atoms with Crippen molar-refractivity contribution in [1.29, 1.82) is 0 Å². The molecule has 1 atom stereocenters. The molecule has 192 valence electrons. The molecule has 3 heteroatoms. The molecule has 0 spiro atoms. The monoisotopic (exact) mass is 487 g/mol. The molecule has 0 fully saturated rings. The molecule has 0 N–H and O–H groups in total. The van der Waals surface area contributed by atoms with Gasteiger partial charge >= 0.3 is 0 Å². The van der Waals surface area contributed by atoms with Gasteiger partial charge < -0.3 is 4.90 Å². The summed E-state index contributed by atoms with van der Waals surface area (Å²) in [6.07, 6.45) is 8.25. The van der Waals surface area contributed by atoms with Crippen molar-refractivity contribution >= 4 is 11.5 Å². The molecule has 3 rings (SSSR count). The molecule has 0 saturated carbocycles. The number of Topliss-reactive ketones (excluding diaryl/α,β-unsaturated/α-hetero) is 1. The van der Waals surface area contributed by atoms with Gasteiger partial charge in [0.15, 0.2) is 5.78 Å². The average molecular weight is 488 g/mol. The van der Waals surface area contributed by atoms with Crippen LogP contribution in [0.5, 0.6) is 0 Å². The van der Waals surface area contributed by atoms with E-state index >= 15 is 0 Å². The highest BCUT2D eigenvalue weighted by molar-refractivity contribution is 5.95. The second-order valence-electron chi connectivity index (χ2n) is 10.0. The highest BCUT2D eigenvalue weighted by Gasteiger charge is 2.14. The van der Waals surface area contributed by atoms with Crippen LogP contribution in [0.2, 0.25) is 0 Å². The minimum absolute atomic E-state index is 0.163. The molecule has 3 aromatic carbocycles. The number of benzene rings is 3. The molecule has 0 aliphatic rings. The number of unbranched alkanes of at least 4 members (excludes halogenated alkanes) is 4. The van der Waals surface area contributed by atoms with Gasteiger partial charge in [-0.2, -0.15) is 0 Å². The Kier molecular flexibility index (Phi) is 10.7. The van der Waals surface area contributed by atoms with Crippen LogP contribution in [0.15, 0.2) is 66.7 Å². The van der Waals surface area contributed by atoms with Gasteiger partial charge in [-0.1, -0.05) is 95.0 Å². The van der Waals surface area contributed by atoms with Crippen LogP contribution >= 0.6 is 0 Å². The Morgan fingerprint density at radius 2 is 1.42 bits per heavy atom. The molecule has 1 unspecified atom stereocenters. The maximum Gasteiger partial charge on any atom is 0.162 e. The average Bonchev–Trinajstić information content (AvgIpc) is 2.89. The van der Waals surface area contributed by atoms with Crippen molar-refractivity contribution in [3.63, 3.8) is 0 Å². The smallest absolute Gasteiger partial charge is 0.162 e. The van der Waals surface area contributed by atoms with Crippen molar-refractivity contribution in [1.82, 2.24) is 0 Å². The zero-order valence-electron chi connectivity index (χ0n) is 22.5. The van der Waals surface area contributed by atoms with Gasteiger partial charge in [-0.25, -0.2) is 4.39 Å². The lowest BCUT2D eigenvalue weighted by atomic mass is 9.91. The summed E-state index contributed by atoms with van der Waals surface area (Å²) >= 11 is 0. The van der Waals surface area contributed by atoms with Crippen molar-refractivity contribution in [3.8, 4) is 0 Å². The highest BCUT2D eigenvalue weighted by Crippen LogP contribution is 2.27. The first-order chi connectivity index (χ1) is 17.4. The fourth-order valence-corrected chi connectivity index (χ4v) is 4.69. The zero-order valence-corrected chi connectivity index (χ0v) is 22.5. The summed E-state index contributed by atoms with van der Waals surface area (Å²) in [5, 5.41) is 0. The number of hydrogen-bond donors (Lipinski definition) is 0.